The van der Waals surface area contributed by atoms with Crippen molar-refractivity contribution in [1.82, 2.24) is 0 Å². The van der Waals surface area contributed by atoms with Crippen molar-refractivity contribution in [2.24, 2.45) is 0 Å². The van der Waals surface area contributed by atoms with E-state index in [4.69, 9.17) is 5.11 Å². The van der Waals surface area contributed by atoms with E-state index in [-0.39, 0.29) is 0 Å². The van der Waals surface area contributed by atoms with Crippen molar-refractivity contribution in [3.8, 4) is 0 Å². The lowest BCUT2D eigenvalue weighted by molar-refractivity contribution is 0.0619. The topological polar surface area (TPSA) is 80.9 Å². The summed E-state index contributed by atoms with van der Waals surface area (Å²) in [6.07, 6.45) is 10.7. The van der Waals surface area contributed by atoms with Crippen molar-refractivity contribution in [3.63, 3.8) is 0 Å². The van der Waals surface area contributed by atoms with Crippen molar-refractivity contribution in [3.05, 3.63) is 61.3 Å². The van der Waals surface area contributed by atoms with E-state index in [0.29, 0.717) is 0 Å². The molecule has 0 saturated carbocycles. The molecule has 0 aliphatic carbocycles. The fourth-order valence-corrected chi connectivity index (χ4v) is 1.03. The molecular formula is C15H22O4. The number of hydrogen-bond donors (Lipinski definition) is 4. The summed E-state index contributed by atoms with van der Waals surface area (Å²) in [5.41, 5.74) is 0. The first-order chi connectivity index (χ1) is 8.99. The Labute approximate surface area is 114 Å². The summed E-state index contributed by atoms with van der Waals surface area (Å²) in [6.45, 7) is 4.87. The van der Waals surface area contributed by atoms with Crippen molar-refractivity contribution in [2.45, 2.75) is 31.3 Å². The number of allylic oxidation sites excluding steroid dienone is 6. The monoisotopic (exact) mass is 266 g/mol. The Balaban J connectivity index is 4.03. The van der Waals surface area contributed by atoms with Crippen LogP contribution in [0.1, 0.15) is 6.92 Å². The van der Waals surface area contributed by atoms with Crippen LogP contribution in [0.2, 0.25) is 0 Å². The van der Waals surface area contributed by atoms with Gasteiger partial charge in [-0.25, -0.2) is 0 Å². The standard InChI is InChI=1S/C15H22O4/c1-3-13(17)15(19)11-9-7-5-4-6-8-10-14(18)12(2)16/h3-19H,1H2,2H3/b6-4+,7-5+,10-8+,11-9+/t12-,13-,14+,15-/m1/s1. The Morgan fingerprint density at radius 1 is 0.684 bits per heavy atom. The molecule has 0 heterocycles. The quantitative estimate of drug-likeness (QED) is 0.388. The van der Waals surface area contributed by atoms with E-state index in [1.165, 1.54) is 25.2 Å². The van der Waals surface area contributed by atoms with E-state index in [0.717, 1.165) is 0 Å². The van der Waals surface area contributed by atoms with E-state index >= 15 is 0 Å². The SMILES string of the molecule is C=C[C@@H](O)[C@H](O)/C=C/C=C/C=C/C=C/[C@H](O)[C@@H](C)O. The van der Waals surface area contributed by atoms with E-state index in [1.54, 1.807) is 36.5 Å². The highest BCUT2D eigenvalue weighted by atomic mass is 16.3. The lowest BCUT2D eigenvalue weighted by Gasteiger charge is -2.07. The van der Waals surface area contributed by atoms with Gasteiger partial charge in [0.15, 0.2) is 0 Å². The van der Waals surface area contributed by atoms with Crippen LogP contribution in [0.25, 0.3) is 0 Å². The van der Waals surface area contributed by atoms with Gasteiger partial charge in [0, 0.05) is 0 Å². The Morgan fingerprint density at radius 3 is 1.53 bits per heavy atom. The van der Waals surface area contributed by atoms with Crippen LogP contribution >= 0.6 is 0 Å². The average Bonchev–Trinajstić information content (AvgIpc) is 2.39. The molecule has 0 amide bonds. The van der Waals surface area contributed by atoms with Crippen LogP contribution in [0.4, 0.5) is 0 Å². The van der Waals surface area contributed by atoms with Crippen molar-refractivity contribution in [2.75, 3.05) is 0 Å². The van der Waals surface area contributed by atoms with Crippen LogP contribution in [-0.2, 0) is 0 Å². The molecule has 106 valence electrons. The fraction of sp³-hybridized carbons (Fsp3) is 0.333. The van der Waals surface area contributed by atoms with Gasteiger partial charge in [0.1, 0.15) is 12.2 Å². The molecule has 0 fully saturated rings. The van der Waals surface area contributed by atoms with Gasteiger partial charge >= 0.3 is 0 Å². The Morgan fingerprint density at radius 2 is 1.11 bits per heavy atom. The van der Waals surface area contributed by atoms with Crippen LogP contribution in [0.3, 0.4) is 0 Å². The summed E-state index contributed by atoms with van der Waals surface area (Å²) >= 11 is 0. The molecule has 0 radical (unpaired) electrons. The zero-order chi connectivity index (χ0) is 14.7. The fourth-order valence-electron chi connectivity index (χ4n) is 1.03. The Hall–Kier alpha value is -1.46. The predicted octanol–water partition coefficient (Wildman–Crippen LogP) is 0.861. The zero-order valence-corrected chi connectivity index (χ0v) is 11.0. The maximum atomic E-state index is 9.35. The first-order valence-corrected chi connectivity index (χ1v) is 6.02. The molecule has 0 saturated heterocycles. The van der Waals surface area contributed by atoms with Crippen LogP contribution in [0.5, 0.6) is 0 Å². The minimum atomic E-state index is -0.968. The molecule has 0 aromatic carbocycles. The first kappa shape index (κ1) is 17.5. The smallest absolute Gasteiger partial charge is 0.102 e. The normalized spacial score (nSPS) is 19.4. The zero-order valence-electron chi connectivity index (χ0n) is 11.0. The second-order valence-corrected chi connectivity index (χ2v) is 3.99. The highest BCUT2D eigenvalue weighted by molar-refractivity contribution is 5.17. The molecule has 0 rings (SSSR count). The van der Waals surface area contributed by atoms with E-state index in [9.17, 15) is 15.3 Å². The van der Waals surface area contributed by atoms with Crippen molar-refractivity contribution in [1.29, 1.82) is 0 Å². The van der Waals surface area contributed by atoms with Gasteiger partial charge in [-0.2, -0.15) is 0 Å². The lowest BCUT2D eigenvalue weighted by Crippen LogP contribution is -2.20. The summed E-state index contributed by atoms with van der Waals surface area (Å²) < 4.78 is 0. The predicted molar refractivity (Wildman–Crippen MR) is 76.5 cm³/mol. The molecule has 0 bridgehead atoms. The van der Waals surface area contributed by atoms with Crippen LogP contribution < -0.4 is 0 Å². The molecule has 4 N–H and O–H groups in total. The van der Waals surface area contributed by atoms with Gasteiger partial charge in [-0.15, -0.1) is 6.58 Å². The van der Waals surface area contributed by atoms with E-state index in [2.05, 4.69) is 6.58 Å². The molecule has 19 heavy (non-hydrogen) atoms. The molecule has 0 aromatic rings. The maximum Gasteiger partial charge on any atom is 0.102 e. The summed E-state index contributed by atoms with van der Waals surface area (Å²) in [7, 11) is 0. The Kier molecular flexibility index (Phi) is 9.66. The van der Waals surface area contributed by atoms with E-state index in [1.807, 2.05) is 0 Å². The summed E-state index contributed by atoms with van der Waals surface area (Å²) in [6, 6.07) is 0. The Bertz CT molecular complexity index is 353. The van der Waals surface area contributed by atoms with Crippen LogP contribution in [-0.4, -0.2) is 44.8 Å². The highest BCUT2D eigenvalue weighted by Gasteiger charge is 2.06. The molecule has 4 heteroatoms. The molecule has 0 spiro atoms. The number of aliphatic hydroxyl groups excluding tert-OH is 4. The number of aliphatic hydroxyl groups is 4. The molecule has 0 aliphatic heterocycles. The van der Waals surface area contributed by atoms with Crippen molar-refractivity contribution < 1.29 is 20.4 Å². The van der Waals surface area contributed by atoms with Gasteiger partial charge < -0.3 is 20.4 Å². The summed E-state index contributed by atoms with van der Waals surface area (Å²) in [5.74, 6) is 0. The van der Waals surface area contributed by atoms with Gasteiger partial charge in [-0.3, -0.25) is 0 Å². The third-order valence-corrected chi connectivity index (χ3v) is 2.26. The molecule has 0 aliphatic rings. The molecule has 4 atom stereocenters. The highest BCUT2D eigenvalue weighted by Crippen LogP contribution is 1.97. The van der Waals surface area contributed by atoms with Crippen molar-refractivity contribution >= 4 is 0 Å². The molecular weight excluding hydrogens is 244 g/mol. The van der Waals surface area contributed by atoms with Gasteiger partial charge in [0.05, 0.1) is 12.2 Å². The molecule has 0 aromatic heterocycles. The largest absolute Gasteiger partial charge is 0.390 e. The summed E-state index contributed by atoms with van der Waals surface area (Å²) in [4.78, 5) is 0. The van der Waals surface area contributed by atoms with Crippen LogP contribution in [0.15, 0.2) is 61.3 Å². The van der Waals surface area contributed by atoms with Gasteiger partial charge in [0.2, 0.25) is 0 Å². The first-order valence-electron chi connectivity index (χ1n) is 6.02. The van der Waals surface area contributed by atoms with Gasteiger partial charge in [0.25, 0.3) is 0 Å². The number of rotatable bonds is 8. The van der Waals surface area contributed by atoms with E-state index < -0.39 is 24.4 Å². The molecule has 4 nitrogen and oxygen atoms in total. The minimum Gasteiger partial charge on any atom is -0.390 e. The second kappa shape index (κ2) is 10.5. The maximum absolute atomic E-state index is 9.35. The average molecular weight is 266 g/mol. The second-order valence-electron chi connectivity index (χ2n) is 3.99. The third-order valence-electron chi connectivity index (χ3n) is 2.26. The van der Waals surface area contributed by atoms with Gasteiger partial charge in [-0.1, -0.05) is 54.7 Å². The minimum absolute atomic E-state index is 0.791. The third kappa shape index (κ3) is 9.16. The summed E-state index contributed by atoms with van der Waals surface area (Å²) in [5, 5.41) is 36.8. The van der Waals surface area contributed by atoms with Gasteiger partial charge in [-0.05, 0) is 6.92 Å². The number of hydrogen-bond acceptors (Lipinski definition) is 4. The molecule has 0 unspecified atom stereocenters. The lowest BCUT2D eigenvalue weighted by atomic mass is 10.2. The van der Waals surface area contributed by atoms with Crippen LogP contribution in [0, 0.1) is 0 Å².